The predicted octanol–water partition coefficient (Wildman–Crippen LogP) is 1.12. The second kappa shape index (κ2) is 6.06. The standard InChI is InChI=1S/C13H22N4O2/c1-9(2)19-6-4-12(18)17-5-3-10(8-17)13-11(14)7-15-16-13/h7,9-10H,3-6,8,14H2,1-2H3,(H,15,16). The van der Waals surface area contributed by atoms with Gasteiger partial charge in [0.2, 0.25) is 5.91 Å². The average Bonchev–Trinajstić information content (AvgIpc) is 2.96. The van der Waals surface area contributed by atoms with Gasteiger partial charge in [-0.3, -0.25) is 9.89 Å². The van der Waals surface area contributed by atoms with E-state index in [1.165, 1.54) is 0 Å². The Labute approximate surface area is 113 Å². The Hall–Kier alpha value is -1.56. The molecule has 1 fully saturated rings. The average molecular weight is 266 g/mol. The minimum Gasteiger partial charge on any atom is -0.396 e. The summed E-state index contributed by atoms with van der Waals surface area (Å²) in [5.41, 5.74) is 7.47. The minimum atomic E-state index is 0.154. The fourth-order valence-electron chi connectivity index (χ4n) is 2.39. The molecule has 0 aromatic carbocycles. The molecule has 0 spiro atoms. The Morgan fingerprint density at radius 1 is 1.68 bits per heavy atom. The van der Waals surface area contributed by atoms with E-state index >= 15 is 0 Å². The van der Waals surface area contributed by atoms with E-state index in [0.717, 1.165) is 18.7 Å². The van der Waals surface area contributed by atoms with E-state index in [1.807, 2.05) is 18.7 Å². The number of nitrogen functional groups attached to an aromatic ring is 1. The molecular weight excluding hydrogens is 244 g/mol. The molecule has 1 saturated heterocycles. The zero-order chi connectivity index (χ0) is 13.8. The number of likely N-dealkylation sites (tertiary alicyclic amines) is 1. The van der Waals surface area contributed by atoms with Crippen LogP contribution in [0.3, 0.4) is 0 Å². The third-order valence-corrected chi connectivity index (χ3v) is 3.42. The number of nitrogens with one attached hydrogen (secondary N) is 1. The SMILES string of the molecule is CC(C)OCCC(=O)N1CCC(c2[nH]ncc2N)C1. The molecule has 0 aliphatic carbocycles. The van der Waals surface area contributed by atoms with E-state index in [0.29, 0.717) is 25.3 Å². The number of rotatable bonds is 5. The monoisotopic (exact) mass is 266 g/mol. The third-order valence-electron chi connectivity index (χ3n) is 3.42. The lowest BCUT2D eigenvalue weighted by Crippen LogP contribution is -2.29. The number of nitrogens with two attached hydrogens (primary N) is 1. The number of ether oxygens (including phenoxy) is 1. The summed E-state index contributed by atoms with van der Waals surface area (Å²) < 4.78 is 5.41. The van der Waals surface area contributed by atoms with Gasteiger partial charge in [-0.2, -0.15) is 5.10 Å². The van der Waals surface area contributed by atoms with E-state index in [1.54, 1.807) is 6.20 Å². The molecule has 0 bridgehead atoms. The fraction of sp³-hybridized carbons (Fsp3) is 0.692. The smallest absolute Gasteiger partial charge is 0.224 e. The van der Waals surface area contributed by atoms with Gasteiger partial charge in [-0.15, -0.1) is 0 Å². The topological polar surface area (TPSA) is 84.2 Å². The van der Waals surface area contributed by atoms with Gasteiger partial charge in [0.05, 0.1) is 36.7 Å². The zero-order valence-electron chi connectivity index (χ0n) is 11.6. The number of aromatic nitrogens is 2. The molecular formula is C13H22N4O2. The summed E-state index contributed by atoms with van der Waals surface area (Å²) in [5, 5.41) is 6.86. The third kappa shape index (κ3) is 3.47. The Morgan fingerprint density at radius 3 is 3.11 bits per heavy atom. The lowest BCUT2D eigenvalue weighted by molar-refractivity contribution is -0.131. The molecule has 1 aliphatic rings. The molecule has 19 heavy (non-hydrogen) atoms. The van der Waals surface area contributed by atoms with Crippen molar-refractivity contribution in [2.24, 2.45) is 0 Å². The Balaban J connectivity index is 1.81. The number of hydrogen-bond acceptors (Lipinski definition) is 4. The van der Waals surface area contributed by atoms with E-state index < -0.39 is 0 Å². The van der Waals surface area contributed by atoms with Crippen molar-refractivity contribution >= 4 is 11.6 Å². The normalized spacial score (nSPS) is 19.3. The van der Waals surface area contributed by atoms with Crippen LogP contribution in [0, 0.1) is 0 Å². The summed E-state index contributed by atoms with van der Waals surface area (Å²) in [6, 6.07) is 0. The van der Waals surface area contributed by atoms with Gasteiger partial charge in [0.15, 0.2) is 0 Å². The van der Waals surface area contributed by atoms with Crippen molar-refractivity contribution in [3.63, 3.8) is 0 Å². The molecule has 106 valence electrons. The van der Waals surface area contributed by atoms with Crippen LogP contribution in [0.25, 0.3) is 0 Å². The van der Waals surface area contributed by atoms with E-state index in [-0.39, 0.29) is 17.9 Å². The first-order valence-corrected chi connectivity index (χ1v) is 6.76. The molecule has 1 unspecified atom stereocenters. The lowest BCUT2D eigenvalue weighted by Gasteiger charge is -2.17. The van der Waals surface area contributed by atoms with Crippen LogP contribution in [-0.4, -0.2) is 46.8 Å². The quantitative estimate of drug-likeness (QED) is 0.836. The molecule has 1 amide bonds. The number of nitrogens with zero attached hydrogens (tertiary/aromatic N) is 2. The number of amides is 1. The van der Waals surface area contributed by atoms with Crippen molar-refractivity contribution in [1.29, 1.82) is 0 Å². The van der Waals surface area contributed by atoms with Crippen molar-refractivity contribution in [3.8, 4) is 0 Å². The van der Waals surface area contributed by atoms with Crippen molar-refractivity contribution in [2.45, 2.75) is 38.7 Å². The van der Waals surface area contributed by atoms with Gasteiger partial charge in [0, 0.05) is 19.0 Å². The maximum absolute atomic E-state index is 12.0. The van der Waals surface area contributed by atoms with Gasteiger partial charge in [0.25, 0.3) is 0 Å². The number of carbonyl (C=O) groups excluding carboxylic acids is 1. The number of aromatic amines is 1. The Kier molecular flexibility index (Phi) is 4.42. The first-order valence-electron chi connectivity index (χ1n) is 6.76. The maximum atomic E-state index is 12.0. The number of carbonyl (C=O) groups is 1. The summed E-state index contributed by atoms with van der Waals surface area (Å²) in [6.07, 6.45) is 3.17. The molecule has 1 aromatic heterocycles. The molecule has 6 heteroatoms. The van der Waals surface area contributed by atoms with E-state index in [4.69, 9.17) is 10.5 Å². The minimum absolute atomic E-state index is 0.154. The Morgan fingerprint density at radius 2 is 2.47 bits per heavy atom. The van der Waals surface area contributed by atoms with Crippen LogP contribution in [0.5, 0.6) is 0 Å². The highest BCUT2D eigenvalue weighted by Gasteiger charge is 2.29. The fourth-order valence-corrected chi connectivity index (χ4v) is 2.39. The highest BCUT2D eigenvalue weighted by Crippen LogP contribution is 2.29. The summed E-state index contributed by atoms with van der Waals surface area (Å²) in [5.74, 6) is 0.429. The summed E-state index contributed by atoms with van der Waals surface area (Å²) in [7, 11) is 0. The maximum Gasteiger partial charge on any atom is 0.224 e. The van der Waals surface area contributed by atoms with Crippen molar-refractivity contribution < 1.29 is 9.53 Å². The van der Waals surface area contributed by atoms with Gasteiger partial charge in [-0.05, 0) is 20.3 Å². The molecule has 3 N–H and O–H groups in total. The van der Waals surface area contributed by atoms with Crippen LogP contribution < -0.4 is 5.73 Å². The van der Waals surface area contributed by atoms with Crippen LogP contribution in [0.4, 0.5) is 5.69 Å². The number of hydrogen-bond donors (Lipinski definition) is 2. The van der Waals surface area contributed by atoms with Crippen molar-refractivity contribution in [3.05, 3.63) is 11.9 Å². The highest BCUT2D eigenvalue weighted by molar-refractivity contribution is 5.76. The summed E-state index contributed by atoms with van der Waals surface area (Å²) in [4.78, 5) is 13.9. The van der Waals surface area contributed by atoms with Crippen LogP contribution in [-0.2, 0) is 9.53 Å². The highest BCUT2D eigenvalue weighted by atomic mass is 16.5. The zero-order valence-corrected chi connectivity index (χ0v) is 11.6. The van der Waals surface area contributed by atoms with Crippen LogP contribution in [0.1, 0.15) is 38.3 Å². The number of anilines is 1. The van der Waals surface area contributed by atoms with Gasteiger partial charge in [0.1, 0.15) is 0 Å². The molecule has 1 atom stereocenters. The van der Waals surface area contributed by atoms with E-state index in [9.17, 15) is 4.79 Å². The van der Waals surface area contributed by atoms with Gasteiger partial charge < -0.3 is 15.4 Å². The molecule has 0 saturated carbocycles. The van der Waals surface area contributed by atoms with Crippen molar-refractivity contribution in [2.75, 3.05) is 25.4 Å². The lowest BCUT2D eigenvalue weighted by atomic mass is 10.0. The van der Waals surface area contributed by atoms with E-state index in [2.05, 4.69) is 10.2 Å². The summed E-state index contributed by atoms with van der Waals surface area (Å²) in [6.45, 7) is 5.93. The molecule has 2 heterocycles. The van der Waals surface area contributed by atoms with Crippen LogP contribution in [0.2, 0.25) is 0 Å². The molecule has 6 nitrogen and oxygen atoms in total. The largest absolute Gasteiger partial charge is 0.396 e. The van der Waals surface area contributed by atoms with Crippen molar-refractivity contribution in [1.82, 2.24) is 15.1 Å². The first kappa shape index (κ1) is 13.9. The first-order chi connectivity index (χ1) is 9.08. The Bertz CT molecular complexity index is 430. The number of H-pyrrole nitrogens is 1. The van der Waals surface area contributed by atoms with Crippen LogP contribution in [0.15, 0.2) is 6.20 Å². The van der Waals surface area contributed by atoms with Gasteiger partial charge in [-0.25, -0.2) is 0 Å². The van der Waals surface area contributed by atoms with Crippen LogP contribution >= 0.6 is 0 Å². The van der Waals surface area contributed by atoms with Gasteiger partial charge in [-0.1, -0.05) is 0 Å². The molecule has 1 aromatic rings. The second-order valence-corrected chi connectivity index (χ2v) is 5.23. The molecule has 0 radical (unpaired) electrons. The molecule has 2 rings (SSSR count). The summed E-state index contributed by atoms with van der Waals surface area (Å²) >= 11 is 0. The second-order valence-electron chi connectivity index (χ2n) is 5.23. The van der Waals surface area contributed by atoms with Gasteiger partial charge >= 0.3 is 0 Å². The molecule has 1 aliphatic heterocycles. The predicted molar refractivity (Wildman–Crippen MR) is 72.6 cm³/mol.